The van der Waals surface area contributed by atoms with Crippen molar-refractivity contribution in [1.82, 2.24) is 38.8 Å². The molecule has 2 aliphatic rings. The quantitative estimate of drug-likeness (QED) is 0.191. The molecule has 49 heavy (non-hydrogen) atoms. The number of anilines is 3. The molecule has 2 saturated carbocycles. The highest BCUT2D eigenvalue weighted by Gasteiger charge is 2.38. The van der Waals surface area contributed by atoms with Crippen molar-refractivity contribution in [2.45, 2.75) is 82.7 Å². The topological polar surface area (TPSA) is 162 Å². The lowest BCUT2D eigenvalue weighted by Gasteiger charge is -2.43. The maximum Gasteiger partial charge on any atom is 0.410 e. The molecule has 2 N–H and O–H groups in total. The van der Waals surface area contributed by atoms with Crippen LogP contribution in [-0.2, 0) is 14.8 Å². The number of methoxy groups -OCH3 is 1. The van der Waals surface area contributed by atoms with Crippen LogP contribution in [0.15, 0.2) is 49.2 Å². The van der Waals surface area contributed by atoms with Crippen molar-refractivity contribution in [3.63, 3.8) is 0 Å². The molecule has 1 amide bonds. The first-order chi connectivity index (χ1) is 23.3. The largest absolute Gasteiger partial charge is 0.453 e. The number of rotatable bonds is 11. The van der Waals surface area contributed by atoms with Gasteiger partial charge in [0.1, 0.15) is 11.6 Å². The highest BCUT2D eigenvalue weighted by molar-refractivity contribution is 7.90. The molecule has 262 valence electrons. The van der Waals surface area contributed by atoms with Gasteiger partial charge >= 0.3 is 12.6 Å². The summed E-state index contributed by atoms with van der Waals surface area (Å²) in [7, 11) is -2.13. The average molecular weight is 699 g/mol. The molecule has 0 spiro atoms. The molecular weight excluding hydrogens is 658 g/mol. The third-order valence-corrected chi connectivity index (χ3v) is 10.8. The van der Waals surface area contributed by atoms with Crippen LogP contribution in [0.4, 0.5) is 30.9 Å². The maximum absolute atomic E-state index is 13.4. The van der Waals surface area contributed by atoms with E-state index in [0.717, 1.165) is 29.8 Å². The Morgan fingerprint density at radius 1 is 1.08 bits per heavy atom. The summed E-state index contributed by atoms with van der Waals surface area (Å²) >= 11 is 0. The van der Waals surface area contributed by atoms with Crippen LogP contribution < -0.4 is 10.6 Å². The molecule has 4 aromatic rings. The highest BCUT2D eigenvalue weighted by atomic mass is 32.2. The molecule has 6 rings (SSSR count). The van der Waals surface area contributed by atoms with Crippen molar-refractivity contribution in [1.29, 1.82) is 0 Å². The first-order valence-electron chi connectivity index (χ1n) is 16.2. The van der Waals surface area contributed by atoms with Gasteiger partial charge in [0.05, 0.1) is 36.0 Å². The molecule has 4 aromatic heterocycles. The molecular formula is C32H40F2N10O4S. The summed E-state index contributed by atoms with van der Waals surface area (Å²) < 4.78 is 58.5. The predicted octanol–water partition coefficient (Wildman–Crippen LogP) is 5.92. The van der Waals surface area contributed by atoms with Gasteiger partial charge in [-0.3, -0.25) is 0 Å². The van der Waals surface area contributed by atoms with Crippen LogP contribution in [0.5, 0.6) is 0 Å². The predicted molar refractivity (Wildman–Crippen MR) is 179 cm³/mol. The minimum atomic E-state index is -3.53. The lowest BCUT2D eigenvalue weighted by atomic mass is 9.84. The van der Waals surface area contributed by atoms with Crippen LogP contribution in [0.2, 0.25) is 0 Å². The van der Waals surface area contributed by atoms with Gasteiger partial charge in [0.15, 0.2) is 5.82 Å². The van der Waals surface area contributed by atoms with Crippen molar-refractivity contribution in [3.05, 3.63) is 49.2 Å². The molecule has 0 unspecified atom stereocenters. The second kappa shape index (κ2) is 13.7. The second-order valence-electron chi connectivity index (χ2n) is 13.4. The summed E-state index contributed by atoms with van der Waals surface area (Å²) in [6.07, 6.45) is 11.5. The summed E-state index contributed by atoms with van der Waals surface area (Å²) in [5.74, 6) is 1.42. The lowest BCUT2D eigenvalue weighted by Crippen LogP contribution is -2.52. The first-order valence-corrected chi connectivity index (χ1v) is 17.7. The molecule has 0 aromatic carbocycles. The second-order valence-corrected chi connectivity index (χ2v) is 15.4. The van der Waals surface area contributed by atoms with Gasteiger partial charge in [-0.15, -0.1) is 0 Å². The number of aromatic nitrogens is 7. The fourth-order valence-corrected chi connectivity index (χ4v) is 7.65. The number of hydrogen-bond acceptors (Lipinski definition) is 11. The van der Waals surface area contributed by atoms with E-state index in [1.807, 2.05) is 25.7 Å². The number of nitrogens with one attached hydrogen (secondary N) is 2. The first kappa shape index (κ1) is 34.2. The maximum atomic E-state index is 13.4. The van der Waals surface area contributed by atoms with Crippen LogP contribution in [0.3, 0.4) is 0 Å². The number of hydrogen-bond donors (Lipinski definition) is 2. The number of halogens is 2. The summed E-state index contributed by atoms with van der Waals surface area (Å²) in [6.45, 7) is 3.84. The average Bonchev–Trinajstić information content (AvgIpc) is 3.60. The molecule has 0 aliphatic heterocycles. The standard InChI is InChI=1S/C32H40F2N10O4S/c1-32(2,3)44(31(45)48-4)22-7-5-20(6-8-22)16-36-26-15-28(37-18-24(26)25-12-14-42(41-25)30(33)34)39-27-11-13-35-29(40-27)21-17-38-43(19-21)49(46,47)23-9-10-23/h11-15,17-20,22-23,30H,5-10,16H2,1-4H3,(H2,35,36,37,39,40). The zero-order chi connectivity index (χ0) is 34.9. The number of nitrogens with zero attached hydrogens (tertiary/aromatic N) is 8. The molecule has 2 fully saturated rings. The van der Waals surface area contributed by atoms with Gasteiger partial charge in [0, 0.05) is 54.0 Å². The normalized spacial score (nSPS) is 18.3. The van der Waals surface area contributed by atoms with Gasteiger partial charge in [0.25, 0.3) is 10.0 Å². The molecule has 0 saturated heterocycles. The molecule has 14 nitrogen and oxygen atoms in total. The van der Waals surface area contributed by atoms with Gasteiger partial charge in [-0.2, -0.15) is 23.1 Å². The van der Waals surface area contributed by atoms with Gasteiger partial charge < -0.3 is 20.3 Å². The zero-order valence-electron chi connectivity index (χ0n) is 27.8. The Kier molecular flexibility index (Phi) is 9.55. The minimum Gasteiger partial charge on any atom is -0.453 e. The highest BCUT2D eigenvalue weighted by Crippen LogP contribution is 2.35. The van der Waals surface area contributed by atoms with E-state index in [1.54, 1.807) is 24.5 Å². The van der Waals surface area contributed by atoms with E-state index in [4.69, 9.17) is 4.74 Å². The molecule has 17 heteroatoms. The Bertz CT molecular complexity index is 1900. The Balaban J connectivity index is 1.19. The van der Waals surface area contributed by atoms with Gasteiger partial charge in [-0.05, 0) is 77.3 Å². The SMILES string of the molecule is COC(=O)N(C1CCC(CNc2cc(Nc3ccnc(-c4cnn(S(=O)(=O)C5CC5)c4)n3)ncc2-c2ccn(C(F)F)n2)CC1)C(C)(C)C. The molecule has 0 bridgehead atoms. The summed E-state index contributed by atoms with van der Waals surface area (Å²) in [6, 6.07) is 5.00. The Hall–Kier alpha value is -4.67. The van der Waals surface area contributed by atoms with Crippen LogP contribution in [0.25, 0.3) is 22.6 Å². The van der Waals surface area contributed by atoms with E-state index in [9.17, 15) is 22.0 Å². The van der Waals surface area contributed by atoms with Crippen LogP contribution >= 0.6 is 0 Å². The van der Waals surface area contributed by atoms with E-state index in [-0.39, 0.29) is 23.5 Å². The Morgan fingerprint density at radius 3 is 2.49 bits per heavy atom. The van der Waals surface area contributed by atoms with E-state index < -0.39 is 21.8 Å². The van der Waals surface area contributed by atoms with Crippen molar-refractivity contribution in [2.75, 3.05) is 24.3 Å². The summed E-state index contributed by atoms with van der Waals surface area (Å²) in [5.41, 5.74) is 1.61. The van der Waals surface area contributed by atoms with E-state index in [2.05, 4.69) is 35.8 Å². The van der Waals surface area contributed by atoms with Crippen molar-refractivity contribution < 1.29 is 26.7 Å². The summed E-state index contributed by atoms with van der Waals surface area (Å²) in [5, 5.41) is 14.3. The number of ether oxygens (including phenoxy) is 1. The smallest absolute Gasteiger partial charge is 0.410 e. The van der Waals surface area contributed by atoms with Crippen LogP contribution in [0, 0.1) is 5.92 Å². The monoisotopic (exact) mass is 698 g/mol. The number of pyridine rings is 1. The fraction of sp³-hybridized carbons (Fsp3) is 0.500. The Morgan fingerprint density at radius 2 is 1.84 bits per heavy atom. The fourth-order valence-electron chi connectivity index (χ4n) is 6.17. The van der Waals surface area contributed by atoms with E-state index in [1.165, 1.54) is 31.8 Å². The van der Waals surface area contributed by atoms with Crippen molar-refractivity contribution in [3.8, 4) is 22.6 Å². The Labute approximate surface area is 283 Å². The van der Waals surface area contributed by atoms with Gasteiger partial charge in [-0.25, -0.2) is 32.8 Å². The van der Waals surface area contributed by atoms with E-state index in [0.29, 0.717) is 64.1 Å². The van der Waals surface area contributed by atoms with Crippen LogP contribution in [0.1, 0.15) is 65.8 Å². The van der Waals surface area contributed by atoms with Crippen LogP contribution in [-0.4, -0.2) is 83.8 Å². The third-order valence-electron chi connectivity index (χ3n) is 8.78. The molecule has 2 aliphatic carbocycles. The number of amides is 1. The zero-order valence-corrected chi connectivity index (χ0v) is 28.6. The molecule has 4 heterocycles. The van der Waals surface area contributed by atoms with Gasteiger partial charge in [-0.1, -0.05) is 0 Å². The van der Waals surface area contributed by atoms with Crippen molar-refractivity contribution >= 4 is 33.4 Å². The van der Waals surface area contributed by atoms with E-state index >= 15 is 0 Å². The molecule has 0 radical (unpaired) electrons. The molecule has 0 atom stereocenters. The summed E-state index contributed by atoms with van der Waals surface area (Å²) in [4.78, 5) is 27.7. The number of alkyl halides is 2. The third kappa shape index (κ3) is 7.66. The van der Waals surface area contributed by atoms with Gasteiger partial charge in [0.2, 0.25) is 0 Å². The number of carbonyl (C=O) groups excluding carboxylic acids is 1. The van der Waals surface area contributed by atoms with Crippen molar-refractivity contribution in [2.24, 2.45) is 5.92 Å². The number of carbonyl (C=O) groups is 1. The lowest BCUT2D eigenvalue weighted by molar-refractivity contribution is 0.0402. The minimum absolute atomic E-state index is 0.0731.